The van der Waals surface area contributed by atoms with E-state index < -0.39 is 0 Å². The van der Waals surface area contributed by atoms with Gasteiger partial charge in [0.2, 0.25) is 5.91 Å². The third-order valence-electron chi connectivity index (χ3n) is 5.71. The molecule has 0 bridgehead atoms. The molecule has 1 atom stereocenters. The van der Waals surface area contributed by atoms with Crippen LogP contribution in [0.3, 0.4) is 0 Å². The maximum absolute atomic E-state index is 12.7. The number of nitrogens with one attached hydrogen (secondary N) is 1. The molecule has 32 heavy (non-hydrogen) atoms. The van der Waals surface area contributed by atoms with E-state index in [0.29, 0.717) is 17.9 Å². The molecule has 0 radical (unpaired) electrons. The molecule has 1 unspecified atom stereocenters. The fraction of sp³-hybridized carbons (Fsp3) is 0.462. The number of piperazine rings is 1. The molecule has 0 spiro atoms. The predicted molar refractivity (Wildman–Crippen MR) is 135 cm³/mol. The molecule has 172 valence electrons. The van der Waals surface area contributed by atoms with Gasteiger partial charge in [-0.3, -0.25) is 9.59 Å². The molecule has 1 aliphatic heterocycles. The number of anilines is 2. The summed E-state index contributed by atoms with van der Waals surface area (Å²) >= 11 is 3.38. The molecule has 1 N–H and O–H groups in total. The van der Waals surface area contributed by atoms with Crippen molar-refractivity contribution >= 4 is 39.1 Å². The van der Waals surface area contributed by atoms with Crippen LogP contribution in [0.4, 0.5) is 11.4 Å². The molecule has 2 aromatic carbocycles. The van der Waals surface area contributed by atoms with Crippen molar-refractivity contribution in [3.8, 4) is 0 Å². The maximum Gasteiger partial charge on any atom is 0.255 e. The van der Waals surface area contributed by atoms with Crippen LogP contribution in [0.15, 0.2) is 53.0 Å². The fourth-order valence-corrected chi connectivity index (χ4v) is 4.58. The Balaban J connectivity index is 1.49. The van der Waals surface area contributed by atoms with E-state index in [4.69, 9.17) is 0 Å². The van der Waals surface area contributed by atoms with Crippen molar-refractivity contribution in [2.45, 2.75) is 40.5 Å². The van der Waals surface area contributed by atoms with Gasteiger partial charge in [0.15, 0.2) is 0 Å². The molecule has 1 heterocycles. The highest BCUT2D eigenvalue weighted by Crippen LogP contribution is 2.27. The lowest BCUT2D eigenvalue weighted by Gasteiger charge is -2.37. The van der Waals surface area contributed by atoms with Gasteiger partial charge in [0, 0.05) is 54.0 Å². The number of amides is 2. The number of rotatable bonds is 6. The molecule has 0 aliphatic carbocycles. The summed E-state index contributed by atoms with van der Waals surface area (Å²) in [5.74, 6) is 0.547. The van der Waals surface area contributed by atoms with Crippen LogP contribution >= 0.6 is 15.9 Å². The van der Waals surface area contributed by atoms with E-state index in [0.717, 1.165) is 48.4 Å². The number of carbonyl (C=O) groups is 2. The van der Waals surface area contributed by atoms with Crippen molar-refractivity contribution in [1.29, 1.82) is 0 Å². The molecule has 6 heteroatoms. The lowest BCUT2D eigenvalue weighted by molar-refractivity contribution is -0.132. The van der Waals surface area contributed by atoms with Crippen molar-refractivity contribution in [2.24, 2.45) is 11.3 Å². The molecule has 2 amide bonds. The van der Waals surface area contributed by atoms with Gasteiger partial charge < -0.3 is 15.1 Å². The van der Waals surface area contributed by atoms with Crippen LogP contribution in [0.25, 0.3) is 0 Å². The number of hydrogen-bond donors (Lipinski definition) is 1. The Morgan fingerprint density at radius 2 is 1.56 bits per heavy atom. The highest BCUT2D eigenvalue weighted by atomic mass is 79.9. The second kappa shape index (κ2) is 10.5. The first kappa shape index (κ1) is 24.3. The summed E-state index contributed by atoms with van der Waals surface area (Å²) in [6.45, 7) is 12.0. The number of hydrogen-bond acceptors (Lipinski definition) is 3. The summed E-state index contributed by atoms with van der Waals surface area (Å²) in [6, 6.07) is 15.2. The molecule has 0 saturated carbocycles. The van der Waals surface area contributed by atoms with Crippen molar-refractivity contribution < 1.29 is 9.59 Å². The average molecular weight is 500 g/mol. The van der Waals surface area contributed by atoms with Crippen LogP contribution in [0.2, 0.25) is 0 Å². The SMILES string of the molecule is CC(CC(=O)N1CCN(c2ccc(NC(=O)c3ccc(Br)cc3)cc2)CC1)CC(C)(C)C. The van der Waals surface area contributed by atoms with Gasteiger partial charge in [-0.2, -0.15) is 0 Å². The van der Waals surface area contributed by atoms with Gasteiger partial charge in [-0.25, -0.2) is 0 Å². The Labute approximate surface area is 200 Å². The minimum atomic E-state index is -0.127. The first-order valence-corrected chi connectivity index (χ1v) is 12.1. The predicted octanol–water partition coefficient (Wildman–Crippen LogP) is 5.81. The first-order chi connectivity index (χ1) is 15.1. The second-order valence-electron chi connectivity index (χ2n) is 9.95. The van der Waals surface area contributed by atoms with E-state index in [-0.39, 0.29) is 17.2 Å². The normalized spacial score (nSPS) is 15.4. The number of nitrogens with zero attached hydrogens (tertiary/aromatic N) is 2. The van der Waals surface area contributed by atoms with Gasteiger partial charge in [-0.15, -0.1) is 0 Å². The molecule has 3 rings (SSSR count). The molecule has 2 aromatic rings. The van der Waals surface area contributed by atoms with Gasteiger partial charge in [-0.1, -0.05) is 43.6 Å². The average Bonchev–Trinajstić information content (AvgIpc) is 2.73. The number of carbonyl (C=O) groups excluding carboxylic acids is 2. The second-order valence-corrected chi connectivity index (χ2v) is 10.9. The zero-order valence-corrected chi connectivity index (χ0v) is 21.1. The van der Waals surface area contributed by atoms with Gasteiger partial charge in [0.1, 0.15) is 0 Å². The fourth-order valence-electron chi connectivity index (χ4n) is 4.32. The van der Waals surface area contributed by atoms with E-state index in [1.165, 1.54) is 0 Å². The van der Waals surface area contributed by atoms with Crippen molar-refractivity contribution in [1.82, 2.24) is 4.90 Å². The maximum atomic E-state index is 12.7. The van der Waals surface area contributed by atoms with Crippen LogP contribution in [-0.4, -0.2) is 42.9 Å². The Kier molecular flexibility index (Phi) is 7.99. The molecular weight excluding hydrogens is 466 g/mol. The molecule has 1 fully saturated rings. The Morgan fingerprint density at radius 3 is 2.12 bits per heavy atom. The van der Waals surface area contributed by atoms with Crippen LogP contribution in [0, 0.1) is 11.3 Å². The first-order valence-electron chi connectivity index (χ1n) is 11.3. The van der Waals surface area contributed by atoms with Gasteiger partial charge in [-0.05, 0) is 66.3 Å². The van der Waals surface area contributed by atoms with E-state index in [1.807, 2.05) is 41.3 Å². The molecule has 5 nitrogen and oxygen atoms in total. The van der Waals surface area contributed by atoms with Crippen molar-refractivity contribution in [3.63, 3.8) is 0 Å². The summed E-state index contributed by atoms with van der Waals surface area (Å²) in [7, 11) is 0. The van der Waals surface area contributed by atoms with Crippen LogP contribution < -0.4 is 10.2 Å². The summed E-state index contributed by atoms with van der Waals surface area (Å²) in [5.41, 5.74) is 2.75. The lowest BCUT2D eigenvalue weighted by Crippen LogP contribution is -2.49. The van der Waals surface area contributed by atoms with Gasteiger partial charge in [0.05, 0.1) is 0 Å². The standard InChI is InChI=1S/C26H34BrN3O2/c1-19(18-26(2,3)4)17-24(31)30-15-13-29(14-16-30)23-11-9-22(10-12-23)28-25(32)20-5-7-21(27)8-6-20/h5-12,19H,13-18H2,1-4H3,(H,28,32). The summed E-state index contributed by atoms with van der Waals surface area (Å²) < 4.78 is 0.944. The van der Waals surface area contributed by atoms with Crippen LogP contribution in [-0.2, 0) is 4.79 Å². The van der Waals surface area contributed by atoms with Crippen LogP contribution in [0.1, 0.15) is 50.9 Å². The minimum Gasteiger partial charge on any atom is -0.368 e. The largest absolute Gasteiger partial charge is 0.368 e. The van der Waals surface area contributed by atoms with E-state index in [9.17, 15) is 9.59 Å². The number of halogens is 1. The van der Waals surface area contributed by atoms with E-state index in [2.05, 4.69) is 53.8 Å². The number of benzene rings is 2. The lowest BCUT2D eigenvalue weighted by atomic mass is 9.84. The molecule has 0 aromatic heterocycles. The van der Waals surface area contributed by atoms with Crippen LogP contribution in [0.5, 0.6) is 0 Å². The third kappa shape index (κ3) is 7.09. The highest BCUT2D eigenvalue weighted by Gasteiger charge is 2.24. The summed E-state index contributed by atoms with van der Waals surface area (Å²) in [4.78, 5) is 29.4. The van der Waals surface area contributed by atoms with Crippen molar-refractivity contribution in [3.05, 3.63) is 58.6 Å². The molecule has 1 saturated heterocycles. The Hall–Kier alpha value is -2.34. The highest BCUT2D eigenvalue weighted by molar-refractivity contribution is 9.10. The van der Waals surface area contributed by atoms with E-state index >= 15 is 0 Å². The van der Waals surface area contributed by atoms with E-state index in [1.54, 1.807) is 12.1 Å². The zero-order chi connectivity index (χ0) is 23.3. The zero-order valence-electron chi connectivity index (χ0n) is 19.5. The molecular formula is C26H34BrN3O2. The van der Waals surface area contributed by atoms with Gasteiger partial charge in [0.25, 0.3) is 5.91 Å². The smallest absolute Gasteiger partial charge is 0.255 e. The summed E-state index contributed by atoms with van der Waals surface area (Å²) in [5, 5.41) is 2.94. The Morgan fingerprint density at radius 1 is 0.969 bits per heavy atom. The minimum absolute atomic E-state index is 0.127. The third-order valence-corrected chi connectivity index (χ3v) is 6.24. The molecule has 1 aliphatic rings. The monoisotopic (exact) mass is 499 g/mol. The Bertz CT molecular complexity index is 912. The quantitative estimate of drug-likeness (QED) is 0.545. The van der Waals surface area contributed by atoms with Crippen molar-refractivity contribution in [2.75, 3.05) is 36.4 Å². The van der Waals surface area contributed by atoms with Gasteiger partial charge >= 0.3 is 0 Å². The topological polar surface area (TPSA) is 52.7 Å². The summed E-state index contributed by atoms with van der Waals surface area (Å²) in [6.07, 6.45) is 1.69.